The summed E-state index contributed by atoms with van der Waals surface area (Å²) in [7, 11) is 1.70. The minimum absolute atomic E-state index is 0.0246. The predicted octanol–water partition coefficient (Wildman–Crippen LogP) is 5.48. The Bertz CT molecular complexity index is 1190. The molecule has 5 nitrogen and oxygen atoms in total. The molecule has 3 saturated heterocycles. The standard InChI is InChI=1S/C28H32N4OS/c1-4-19-17-32-14-12-20(19)15-26(32)27(31-28(34)30-21-7-5-18(2)6-8-21)23-11-13-29-25-10-9-22(33-3)16-24(23)25/h4-11,13,16,19-20,26-27H,1,12,14-15,17H2,2-3H3,(H2,30,31,34)/t19?,20?,26?,27-/m0/s1. The number of methoxy groups -OCH3 is 1. The first-order valence-corrected chi connectivity index (χ1v) is 12.4. The Morgan fingerprint density at radius 2 is 2.06 bits per heavy atom. The maximum Gasteiger partial charge on any atom is 0.171 e. The summed E-state index contributed by atoms with van der Waals surface area (Å²) >= 11 is 5.82. The van der Waals surface area contributed by atoms with Crippen molar-refractivity contribution in [3.8, 4) is 5.75 Å². The van der Waals surface area contributed by atoms with E-state index < -0.39 is 0 Å². The van der Waals surface area contributed by atoms with Crippen LogP contribution in [0.25, 0.3) is 10.9 Å². The Morgan fingerprint density at radius 3 is 2.76 bits per heavy atom. The molecule has 0 radical (unpaired) electrons. The van der Waals surface area contributed by atoms with Crippen LogP contribution in [0, 0.1) is 18.8 Å². The highest BCUT2D eigenvalue weighted by molar-refractivity contribution is 7.80. The molecule has 3 aliphatic rings. The zero-order valence-corrected chi connectivity index (χ0v) is 20.6. The van der Waals surface area contributed by atoms with Crippen LogP contribution in [-0.2, 0) is 0 Å². The van der Waals surface area contributed by atoms with E-state index >= 15 is 0 Å². The second-order valence-electron chi connectivity index (χ2n) is 9.47. The molecule has 0 aliphatic carbocycles. The van der Waals surface area contributed by atoms with Crippen LogP contribution in [0.4, 0.5) is 5.69 Å². The number of hydrogen-bond donors (Lipinski definition) is 2. The molecule has 4 heterocycles. The highest BCUT2D eigenvalue weighted by atomic mass is 32.1. The molecule has 176 valence electrons. The van der Waals surface area contributed by atoms with Gasteiger partial charge in [0, 0.05) is 29.9 Å². The molecule has 0 amide bonds. The van der Waals surface area contributed by atoms with Crippen molar-refractivity contribution >= 4 is 33.9 Å². The third-order valence-electron chi connectivity index (χ3n) is 7.45. The van der Waals surface area contributed by atoms with E-state index in [1.54, 1.807) is 7.11 Å². The molecule has 34 heavy (non-hydrogen) atoms. The number of nitrogens with one attached hydrogen (secondary N) is 2. The first-order valence-electron chi connectivity index (χ1n) is 12.0. The van der Waals surface area contributed by atoms with Gasteiger partial charge >= 0.3 is 0 Å². The molecule has 0 spiro atoms. The Kier molecular flexibility index (Phi) is 6.53. The van der Waals surface area contributed by atoms with Gasteiger partial charge < -0.3 is 15.4 Å². The summed E-state index contributed by atoms with van der Waals surface area (Å²) in [6, 6.07) is 16.9. The summed E-state index contributed by atoms with van der Waals surface area (Å²) < 4.78 is 5.54. The second-order valence-corrected chi connectivity index (χ2v) is 9.88. The predicted molar refractivity (Wildman–Crippen MR) is 143 cm³/mol. The smallest absolute Gasteiger partial charge is 0.171 e. The van der Waals surface area contributed by atoms with E-state index in [9.17, 15) is 0 Å². The van der Waals surface area contributed by atoms with E-state index in [-0.39, 0.29) is 6.04 Å². The first kappa shape index (κ1) is 22.8. The maximum atomic E-state index is 5.82. The minimum Gasteiger partial charge on any atom is -0.497 e. The quantitative estimate of drug-likeness (QED) is 0.366. The molecular weight excluding hydrogens is 440 g/mol. The molecule has 2 aromatic carbocycles. The van der Waals surface area contributed by atoms with Gasteiger partial charge in [-0.25, -0.2) is 0 Å². The van der Waals surface area contributed by atoms with E-state index in [1.165, 1.54) is 17.5 Å². The lowest BCUT2D eigenvalue weighted by atomic mass is 9.73. The Hall–Kier alpha value is -2.96. The minimum atomic E-state index is 0.0246. The number of nitrogens with zero attached hydrogens (tertiary/aromatic N) is 2. The van der Waals surface area contributed by atoms with Crippen LogP contribution in [0.5, 0.6) is 5.75 Å². The van der Waals surface area contributed by atoms with Crippen molar-refractivity contribution in [2.75, 3.05) is 25.5 Å². The summed E-state index contributed by atoms with van der Waals surface area (Å²) in [5.74, 6) is 2.06. The van der Waals surface area contributed by atoms with Crippen molar-refractivity contribution in [1.29, 1.82) is 0 Å². The highest BCUT2D eigenvalue weighted by Gasteiger charge is 2.43. The number of thiocarbonyl (C=S) groups is 1. The number of rotatable bonds is 6. The third-order valence-corrected chi connectivity index (χ3v) is 7.67. The van der Waals surface area contributed by atoms with Crippen molar-refractivity contribution in [2.24, 2.45) is 11.8 Å². The summed E-state index contributed by atoms with van der Waals surface area (Å²) in [5.41, 5.74) is 4.37. The van der Waals surface area contributed by atoms with Gasteiger partial charge in [0.1, 0.15) is 5.75 Å². The number of fused-ring (bicyclic) bond motifs is 4. The Labute approximate surface area is 207 Å². The lowest BCUT2D eigenvalue weighted by molar-refractivity contribution is 0.00443. The molecule has 2 N–H and O–H groups in total. The second kappa shape index (κ2) is 9.72. The van der Waals surface area contributed by atoms with Gasteiger partial charge in [0.2, 0.25) is 0 Å². The van der Waals surface area contributed by atoms with Gasteiger partial charge in [-0.05, 0) is 92.3 Å². The van der Waals surface area contributed by atoms with Gasteiger partial charge in [-0.1, -0.05) is 23.8 Å². The van der Waals surface area contributed by atoms with Gasteiger partial charge in [-0.3, -0.25) is 9.88 Å². The first-order chi connectivity index (χ1) is 16.6. The van der Waals surface area contributed by atoms with Crippen molar-refractivity contribution < 1.29 is 4.74 Å². The summed E-state index contributed by atoms with van der Waals surface area (Å²) in [4.78, 5) is 7.23. The molecule has 2 bridgehead atoms. The fraction of sp³-hybridized carbons (Fsp3) is 0.357. The third kappa shape index (κ3) is 4.52. The van der Waals surface area contributed by atoms with Crippen molar-refractivity contribution in [1.82, 2.24) is 15.2 Å². The summed E-state index contributed by atoms with van der Waals surface area (Å²) in [6.07, 6.45) is 6.40. The SMILES string of the molecule is C=CC1CN2CCC1CC2[C@@H](NC(=S)Nc1ccc(C)cc1)c1ccnc2ccc(OC)cc12. The number of piperidine rings is 3. The van der Waals surface area contributed by atoms with Crippen LogP contribution in [0.1, 0.15) is 30.0 Å². The largest absolute Gasteiger partial charge is 0.497 e. The topological polar surface area (TPSA) is 49.4 Å². The Morgan fingerprint density at radius 1 is 1.24 bits per heavy atom. The maximum absolute atomic E-state index is 5.82. The zero-order chi connectivity index (χ0) is 23.7. The molecular formula is C28H32N4OS. The van der Waals surface area contributed by atoms with Crippen molar-refractivity contribution in [2.45, 2.75) is 31.8 Å². The fourth-order valence-electron chi connectivity index (χ4n) is 5.60. The Balaban J connectivity index is 1.50. The van der Waals surface area contributed by atoms with Gasteiger partial charge in [0.05, 0.1) is 18.7 Å². The highest BCUT2D eigenvalue weighted by Crippen LogP contribution is 2.42. The molecule has 5 atom stereocenters. The van der Waals surface area contributed by atoms with E-state index in [1.807, 2.05) is 18.3 Å². The fourth-order valence-corrected chi connectivity index (χ4v) is 5.84. The molecule has 4 unspecified atom stereocenters. The van der Waals surface area contributed by atoms with E-state index in [0.29, 0.717) is 23.0 Å². The number of ether oxygens (including phenoxy) is 1. The number of hydrogen-bond acceptors (Lipinski definition) is 4. The normalized spacial score (nSPS) is 24.4. The van der Waals surface area contributed by atoms with E-state index in [0.717, 1.165) is 41.9 Å². The van der Waals surface area contributed by atoms with E-state index in [4.69, 9.17) is 17.0 Å². The average Bonchev–Trinajstić information content (AvgIpc) is 2.88. The van der Waals surface area contributed by atoms with Crippen molar-refractivity contribution in [3.63, 3.8) is 0 Å². The molecule has 6 heteroatoms. The zero-order valence-electron chi connectivity index (χ0n) is 19.8. The molecule has 1 aromatic heterocycles. The number of pyridine rings is 1. The van der Waals surface area contributed by atoms with Crippen LogP contribution in [-0.4, -0.2) is 41.2 Å². The van der Waals surface area contributed by atoms with Crippen LogP contribution < -0.4 is 15.4 Å². The van der Waals surface area contributed by atoms with Gasteiger partial charge in [-0.2, -0.15) is 0 Å². The van der Waals surface area contributed by atoms with Crippen LogP contribution in [0.15, 0.2) is 67.4 Å². The lowest BCUT2D eigenvalue weighted by Gasteiger charge is -2.52. The molecule has 0 saturated carbocycles. The lowest BCUT2D eigenvalue weighted by Crippen LogP contribution is -2.57. The van der Waals surface area contributed by atoms with Gasteiger partial charge in [-0.15, -0.1) is 6.58 Å². The van der Waals surface area contributed by atoms with E-state index in [2.05, 4.69) is 76.5 Å². The monoisotopic (exact) mass is 472 g/mol. The van der Waals surface area contributed by atoms with Gasteiger partial charge in [0.15, 0.2) is 5.11 Å². The number of benzene rings is 2. The number of aryl methyl sites for hydroxylation is 1. The molecule has 6 rings (SSSR count). The van der Waals surface area contributed by atoms with Crippen LogP contribution >= 0.6 is 12.2 Å². The molecule has 3 aromatic rings. The van der Waals surface area contributed by atoms with Crippen LogP contribution in [0.2, 0.25) is 0 Å². The summed E-state index contributed by atoms with van der Waals surface area (Å²) in [6.45, 7) is 8.35. The number of aromatic nitrogens is 1. The average molecular weight is 473 g/mol. The summed E-state index contributed by atoms with van der Waals surface area (Å²) in [5, 5.41) is 8.81. The molecule has 3 fully saturated rings. The van der Waals surface area contributed by atoms with Gasteiger partial charge in [0.25, 0.3) is 0 Å². The molecule has 3 aliphatic heterocycles. The number of anilines is 1. The van der Waals surface area contributed by atoms with Crippen molar-refractivity contribution in [3.05, 3.63) is 78.5 Å². The van der Waals surface area contributed by atoms with Crippen LogP contribution in [0.3, 0.4) is 0 Å².